The first-order chi connectivity index (χ1) is 28.0. The topological polar surface area (TPSA) is 32.3 Å². The zero-order valence-corrected chi connectivity index (χ0v) is 42.0. The van der Waals surface area contributed by atoms with Crippen LogP contribution in [0.1, 0.15) is 149 Å². The Kier molecular flexibility index (Phi) is 25.2. The average Bonchev–Trinajstić information content (AvgIpc) is 3.15. The largest absolute Gasteiger partial charge is 0.351 e. The molecule has 0 radical (unpaired) electrons. The second-order valence-electron chi connectivity index (χ2n) is 17.5. The Hall–Kier alpha value is -3.31. The number of hydrogen-bond acceptors (Lipinski definition) is 2. The van der Waals surface area contributed by atoms with Gasteiger partial charge in [0, 0.05) is 38.7 Å². The van der Waals surface area contributed by atoms with Gasteiger partial charge in [0.05, 0.1) is 0 Å². The monoisotopic (exact) mass is 892 g/mol. The molecule has 0 atom stereocenters. The molecule has 7 heteroatoms. The highest BCUT2D eigenvalue weighted by molar-refractivity contribution is 6.36. The fourth-order valence-electron chi connectivity index (χ4n) is 6.25. The summed E-state index contributed by atoms with van der Waals surface area (Å²) in [4.78, 5) is 14.1. The molecule has 5 aromatic rings. The van der Waals surface area contributed by atoms with Crippen molar-refractivity contribution in [3.05, 3.63) is 174 Å². The first kappa shape index (κ1) is 54.7. The number of aryl methyl sites for hydroxylation is 2. The van der Waals surface area contributed by atoms with E-state index < -0.39 is 0 Å². The van der Waals surface area contributed by atoms with Crippen LogP contribution in [0.5, 0.6) is 0 Å². The van der Waals surface area contributed by atoms with Crippen LogP contribution in [0.2, 0.25) is 20.1 Å². The van der Waals surface area contributed by atoms with Crippen molar-refractivity contribution in [2.75, 3.05) is 27.2 Å². The smallest absolute Gasteiger partial charge is 0.251 e. The number of hydrogen-bond donors (Lipinski definition) is 1. The molecule has 60 heavy (non-hydrogen) atoms. The van der Waals surface area contributed by atoms with E-state index in [1.54, 1.807) is 12.1 Å². The maximum absolute atomic E-state index is 12.0. The predicted octanol–water partition coefficient (Wildman–Crippen LogP) is 16.7. The van der Waals surface area contributed by atoms with Crippen LogP contribution >= 0.6 is 46.4 Å². The zero-order chi connectivity index (χ0) is 45.7. The van der Waals surface area contributed by atoms with Gasteiger partial charge < -0.3 is 10.2 Å². The molecule has 0 aliphatic rings. The van der Waals surface area contributed by atoms with Gasteiger partial charge in [-0.2, -0.15) is 0 Å². The Labute approximate surface area is 385 Å². The number of nitrogens with zero attached hydrogens (tertiary/aromatic N) is 1. The summed E-state index contributed by atoms with van der Waals surface area (Å²) < 4.78 is 0. The number of nitrogens with one attached hydrogen (secondary N) is 1. The lowest BCUT2D eigenvalue weighted by atomic mass is 9.86. The van der Waals surface area contributed by atoms with Crippen LogP contribution in [0.15, 0.2) is 109 Å². The Balaban J connectivity index is 0.000000387. The minimum Gasteiger partial charge on any atom is -0.351 e. The van der Waals surface area contributed by atoms with Crippen molar-refractivity contribution in [3.8, 4) is 0 Å². The van der Waals surface area contributed by atoms with Gasteiger partial charge in [-0.3, -0.25) is 4.79 Å². The Bertz CT molecular complexity index is 1900. The molecule has 0 aliphatic carbocycles. The van der Waals surface area contributed by atoms with Crippen LogP contribution < -0.4 is 5.32 Å². The highest BCUT2D eigenvalue weighted by Gasteiger charge is 2.19. The van der Waals surface area contributed by atoms with Gasteiger partial charge in [0.2, 0.25) is 0 Å². The van der Waals surface area contributed by atoms with E-state index in [0.717, 1.165) is 32.7 Å². The summed E-state index contributed by atoms with van der Waals surface area (Å²) in [5.41, 5.74) is 9.45. The number of rotatable bonds is 8. The Morgan fingerprint density at radius 1 is 0.567 bits per heavy atom. The van der Waals surface area contributed by atoms with Crippen LogP contribution in [0, 0.1) is 13.8 Å². The number of likely N-dealkylation sites (N-methyl/N-ethyl adjacent to an activating group) is 1. The molecule has 1 amide bonds. The van der Waals surface area contributed by atoms with Crippen molar-refractivity contribution < 1.29 is 4.79 Å². The molecular weight excluding hydrogens is 822 g/mol. The molecule has 1 N–H and O–H groups in total. The lowest BCUT2D eigenvalue weighted by Gasteiger charge is -2.21. The molecule has 5 rings (SSSR count). The van der Waals surface area contributed by atoms with E-state index in [9.17, 15) is 4.79 Å². The van der Waals surface area contributed by atoms with E-state index in [-0.39, 0.29) is 11.3 Å². The Morgan fingerprint density at radius 3 is 1.43 bits per heavy atom. The molecule has 0 fully saturated rings. The predicted molar refractivity (Wildman–Crippen MR) is 268 cm³/mol. The van der Waals surface area contributed by atoms with E-state index in [4.69, 9.17) is 46.4 Å². The number of carbonyl (C=O) groups excluding carboxylic acids is 1. The molecule has 0 saturated heterocycles. The van der Waals surface area contributed by atoms with Crippen LogP contribution in [0.4, 0.5) is 0 Å². The lowest BCUT2D eigenvalue weighted by Crippen LogP contribution is -2.31. The first-order valence-electron chi connectivity index (χ1n) is 21.0. The zero-order valence-electron chi connectivity index (χ0n) is 39.0. The lowest BCUT2D eigenvalue weighted by molar-refractivity contribution is 0.0951. The van der Waals surface area contributed by atoms with E-state index in [0.29, 0.717) is 40.8 Å². The van der Waals surface area contributed by atoms with Crippen molar-refractivity contribution in [1.29, 1.82) is 0 Å². The summed E-state index contributed by atoms with van der Waals surface area (Å²) in [5, 5.41) is 6.01. The van der Waals surface area contributed by atoms with Crippen molar-refractivity contribution in [2.24, 2.45) is 0 Å². The first-order valence-corrected chi connectivity index (χ1v) is 22.5. The molecule has 5 aromatic carbocycles. The molecule has 0 saturated carbocycles. The molecule has 0 spiro atoms. The third-order valence-corrected chi connectivity index (χ3v) is 10.9. The van der Waals surface area contributed by atoms with Gasteiger partial charge in [0.15, 0.2) is 0 Å². The number of halogens is 4. The number of benzene rings is 5. The number of carbonyl (C=O) groups is 1. The summed E-state index contributed by atoms with van der Waals surface area (Å²) in [5.74, 6) is 2.16. The second-order valence-corrected chi connectivity index (χ2v) is 19.1. The third-order valence-electron chi connectivity index (χ3n) is 9.58. The normalized spacial score (nSPS) is 10.9. The van der Waals surface area contributed by atoms with E-state index in [2.05, 4.69) is 150 Å². The maximum atomic E-state index is 12.0. The molecule has 0 heterocycles. The van der Waals surface area contributed by atoms with E-state index in [1.807, 2.05) is 61.5 Å². The van der Waals surface area contributed by atoms with Gasteiger partial charge in [-0.15, -0.1) is 0 Å². The van der Waals surface area contributed by atoms with Crippen molar-refractivity contribution >= 4 is 52.3 Å². The summed E-state index contributed by atoms with van der Waals surface area (Å²) in [7, 11) is 3.96. The molecule has 328 valence electrons. The van der Waals surface area contributed by atoms with Gasteiger partial charge in [-0.1, -0.05) is 195 Å². The van der Waals surface area contributed by atoms with E-state index >= 15 is 0 Å². The summed E-state index contributed by atoms with van der Waals surface area (Å²) in [6.07, 6.45) is 0. The fourth-order valence-corrected chi connectivity index (χ4v) is 7.92. The molecule has 0 bridgehead atoms. The van der Waals surface area contributed by atoms with Gasteiger partial charge in [-0.05, 0) is 132 Å². The minimum atomic E-state index is -0.0724. The standard InChI is InChI=1S/C15H23ClN2O.C10H13Cl.C10H14.C9H10Cl2.C9H12/c1-15(2,3)12-10-11(6-7-13(12)16)14(19)17-8-9-18(4)5;1-7(2)10-8(3)5-4-6-9(10)11;1-8(2)10-7-5-4-6-9(10)3;1-6(2)9-7(10)4-3-5-8(9)11;1-8(2)9-6-4-3-5-7-9/h6-7,10H,8-9H2,1-5H3,(H,17,19);4-7H,1-3H3;4-8H,1-3H3;3-6H,1-2H3;3-8H,1-2H3. The molecular formula is C53H72Cl4N2O. The van der Waals surface area contributed by atoms with Gasteiger partial charge >= 0.3 is 0 Å². The molecule has 3 nitrogen and oxygen atoms in total. The Morgan fingerprint density at radius 2 is 1.05 bits per heavy atom. The van der Waals surface area contributed by atoms with Gasteiger partial charge in [0.1, 0.15) is 0 Å². The van der Waals surface area contributed by atoms with Crippen LogP contribution in [0.3, 0.4) is 0 Å². The number of amides is 1. The van der Waals surface area contributed by atoms with Crippen molar-refractivity contribution in [1.82, 2.24) is 10.2 Å². The average molecular weight is 895 g/mol. The highest BCUT2D eigenvalue weighted by Crippen LogP contribution is 2.32. The second kappa shape index (κ2) is 27.6. The van der Waals surface area contributed by atoms with Crippen molar-refractivity contribution in [2.45, 2.75) is 119 Å². The summed E-state index contributed by atoms with van der Waals surface area (Å²) in [6.45, 7) is 29.3. The highest BCUT2D eigenvalue weighted by atomic mass is 35.5. The maximum Gasteiger partial charge on any atom is 0.251 e. The molecule has 0 aliphatic heterocycles. The van der Waals surface area contributed by atoms with Gasteiger partial charge in [0.25, 0.3) is 5.91 Å². The quantitative estimate of drug-likeness (QED) is 0.168. The molecule has 0 unspecified atom stereocenters. The SMILES string of the molecule is CC(C)c1c(Cl)cccc1Cl.CC(C)c1ccccc1.CN(C)CCNC(=O)c1ccc(Cl)c(C(C)(C)C)c1.Cc1cccc(Cl)c1C(C)C.Cc1ccccc1C(C)C. The van der Waals surface area contributed by atoms with Crippen molar-refractivity contribution in [3.63, 3.8) is 0 Å². The third kappa shape index (κ3) is 20.0. The van der Waals surface area contributed by atoms with Crippen LogP contribution in [-0.2, 0) is 5.41 Å². The summed E-state index contributed by atoms with van der Waals surface area (Å²) in [6, 6.07) is 36.1. The fraction of sp³-hybridized carbons (Fsp3) is 0.415. The van der Waals surface area contributed by atoms with Crippen LogP contribution in [0.25, 0.3) is 0 Å². The summed E-state index contributed by atoms with van der Waals surface area (Å²) >= 11 is 24.1. The van der Waals surface area contributed by atoms with Crippen LogP contribution in [-0.4, -0.2) is 38.0 Å². The minimum absolute atomic E-state index is 0.0518. The van der Waals surface area contributed by atoms with E-state index in [1.165, 1.54) is 27.8 Å². The van der Waals surface area contributed by atoms with Gasteiger partial charge in [-0.25, -0.2) is 0 Å². The molecule has 0 aromatic heterocycles.